The normalized spacial score (nSPS) is 14.0. The molecule has 0 fully saturated rings. The number of fused-ring (bicyclic) bond motifs is 7. The van der Waals surface area contributed by atoms with Gasteiger partial charge in [-0.05, 0) is 51.1 Å². The molecule has 0 spiro atoms. The number of hydrogen-bond acceptors (Lipinski definition) is 2. The van der Waals surface area contributed by atoms with Gasteiger partial charge in [0.2, 0.25) is 0 Å². The molecule has 2 aliphatic rings. The van der Waals surface area contributed by atoms with E-state index in [0.717, 1.165) is 28.1 Å². The lowest BCUT2D eigenvalue weighted by Gasteiger charge is -2.21. The van der Waals surface area contributed by atoms with Gasteiger partial charge in [-0.25, -0.2) is 4.98 Å². The van der Waals surface area contributed by atoms with Crippen LogP contribution in [0, 0.1) is 0 Å². The number of rotatable bonds is 3. The molecule has 0 saturated heterocycles. The summed E-state index contributed by atoms with van der Waals surface area (Å²) in [4.78, 5) is 7.92. The van der Waals surface area contributed by atoms with Crippen molar-refractivity contribution >= 4 is 17.8 Å². The summed E-state index contributed by atoms with van der Waals surface area (Å²) < 4.78 is 0. The number of benzene rings is 5. The van der Waals surface area contributed by atoms with Crippen LogP contribution in [0.25, 0.3) is 62.0 Å². The monoisotopic (exact) mass is 555 g/mol. The molecule has 200 valence electrons. The van der Waals surface area contributed by atoms with Gasteiger partial charge >= 0.3 is 0 Å². The highest BCUT2D eigenvalue weighted by molar-refractivity contribution is 7.99. The van der Waals surface area contributed by atoms with Gasteiger partial charge in [-0.3, -0.25) is 0 Å². The fourth-order valence-electron chi connectivity index (χ4n) is 6.42. The Kier molecular flexibility index (Phi) is 5.80. The quantitative estimate of drug-likeness (QED) is 0.215. The van der Waals surface area contributed by atoms with Crippen molar-refractivity contribution in [3.63, 3.8) is 0 Å². The van der Waals surface area contributed by atoms with Crippen molar-refractivity contribution < 1.29 is 0 Å². The summed E-state index contributed by atoms with van der Waals surface area (Å²) in [7, 11) is 0. The molecular weight excluding hydrogens is 527 g/mol. The molecule has 8 rings (SSSR count). The largest absolute Gasteiger partial charge is 0.247 e. The van der Waals surface area contributed by atoms with Crippen LogP contribution in [0.15, 0.2) is 143 Å². The lowest BCUT2D eigenvalue weighted by molar-refractivity contribution is 0.682. The first kappa shape index (κ1) is 25.1. The van der Waals surface area contributed by atoms with Crippen LogP contribution in [0.1, 0.15) is 25.0 Å². The number of hydrogen-bond donors (Lipinski definition) is 0. The zero-order chi connectivity index (χ0) is 28.3. The summed E-state index contributed by atoms with van der Waals surface area (Å²) in [6.45, 7) is 4.62. The number of pyridine rings is 1. The molecule has 2 heterocycles. The SMILES string of the molecule is CC1(C)C=Cc2c1ccc1c2Sc2c(cccc2-c2ccc(-c3ccccc3)nc2-c2ccccc2)-c2ccccc2-1. The Morgan fingerprint density at radius 1 is 0.500 bits per heavy atom. The van der Waals surface area contributed by atoms with Gasteiger partial charge < -0.3 is 0 Å². The van der Waals surface area contributed by atoms with E-state index in [1.165, 1.54) is 48.7 Å². The predicted molar refractivity (Wildman–Crippen MR) is 178 cm³/mol. The molecule has 1 nitrogen and oxygen atoms in total. The maximum Gasteiger partial charge on any atom is 0.0788 e. The van der Waals surface area contributed by atoms with Gasteiger partial charge in [0.05, 0.1) is 11.4 Å². The van der Waals surface area contributed by atoms with E-state index in [4.69, 9.17) is 4.98 Å². The first-order chi connectivity index (χ1) is 20.6. The highest BCUT2D eigenvalue weighted by Gasteiger charge is 2.31. The lowest BCUT2D eigenvalue weighted by atomic mass is 9.85. The van der Waals surface area contributed by atoms with Crippen molar-refractivity contribution in [1.82, 2.24) is 4.98 Å². The average Bonchev–Trinajstić information content (AvgIpc) is 3.27. The number of allylic oxidation sites excluding steroid dienone is 1. The highest BCUT2D eigenvalue weighted by atomic mass is 32.2. The molecular formula is C40H29NS. The zero-order valence-corrected chi connectivity index (χ0v) is 24.5. The predicted octanol–water partition coefficient (Wildman–Crippen LogP) is 11.2. The Labute approximate surface area is 251 Å². The fraction of sp³-hybridized carbons (Fsp3) is 0.0750. The molecule has 0 atom stereocenters. The van der Waals surface area contributed by atoms with E-state index >= 15 is 0 Å². The van der Waals surface area contributed by atoms with E-state index in [-0.39, 0.29) is 5.41 Å². The van der Waals surface area contributed by atoms with Crippen LogP contribution in [0.3, 0.4) is 0 Å². The molecule has 1 aliphatic heterocycles. The third-order valence-corrected chi connectivity index (χ3v) is 9.87. The first-order valence-electron chi connectivity index (χ1n) is 14.5. The second-order valence-electron chi connectivity index (χ2n) is 11.6. The van der Waals surface area contributed by atoms with Crippen LogP contribution in [0.2, 0.25) is 0 Å². The average molecular weight is 556 g/mol. The fourth-order valence-corrected chi connectivity index (χ4v) is 7.77. The Balaban J connectivity index is 1.40. The van der Waals surface area contributed by atoms with E-state index in [0.29, 0.717) is 0 Å². The van der Waals surface area contributed by atoms with Crippen molar-refractivity contribution in [2.45, 2.75) is 29.1 Å². The Hall–Kier alpha value is -4.66. The smallest absolute Gasteiger partial charge is 0.0788 e. The minimum absolute atomic E-state index is 0.0246. The third kappa shape index (κ3) is 3.98. The van der Waals surface area contributed by atoms with Crippen LogP contribution in [0.5, 0.6) is 0 Å². The van der Waals surface area contributed by atoms with E-state index in [1.54, 1.807) is 0 Å². The summed E-state index contributed by atoms with van der Waals surface area (Å²) in [6, 6.07) is 45.8. The molecule has 0 bridgehead atoms. The highest BCUT2D eigenvalue weighted by Crippen LogP contribution is 2.55. The summed E-state index contributed by atoms with van der Waals surface area (Å²) in [5.74, 6) is 0. The van der Waals surface area contributed by atoms with Gasteiger partial charge in [-0.1, -0.05) is 153 Å². The maximum atomic E-state index is 5.31. The van der Waals surface area contributed by atoms with Crippen molar-refractivity contribution in [2.75, 3.05) is 0 Å². The van der Waals surface area contributed by atoms with Crippen molar-refractivity contribution in [3.8, 4) is 55.9 Å². The summed E-state index contributed by atoms with van der Waals surface area (Å²) in [6.07, 6.45) is 4.69. The Morgan fingerprint density at radius 3 is 1.79 bits per heavy atom. The number of aromatic nitrogens is 1. The van der Waals surface area contributed by atoms with Crippen LogP contribution in [-0.2, 0) is 5.41 Å². The first-order valence-corrected chi connectivity index (χ1v) is 15.3. The van der Waals surface area contributed by atoms with Gasteiger partial charge in [-0.2, -0.15) is 0 Å². The molecule has 0 amide bonds. The standard InChI is InChI=1S/C40H29NS/c1-40(2)25-24-34-35(40)22-20-33-29-17-10-9-16-28(29)31-18-11-19-32(38(31)42-39(33)34)30-21-23-36(26-12-5-3-6-13-26)41-37(30)27-14-7-4-8-15-27/h3-25H,1-2H3. The van der Waals surface area contributed by atoms with Gasteiger partial charge in [0, 0.05) is 31.9 Å². The summed E-state index contributed by atoms with van der Waals surface area (Å²) >= 11 is 1.91. The summed E-state index contributed by atoms with van der Waals surface area (Å²) in [5.41, 5.74) is 14.5. The Morgan fingerprint density at radius 2 is 1.07 bits per heavy atom. The molecule has 42 heavy (non-hydrogen) atoms. The zero-order valence-electron chi connectivity index (χ0n) is 23.6. The van der Waals surface area contributed by atoms with Gasteiger partial charge in [0.15, 0.2) is 0 Å². The van der Waals surface area contributed by atoms with E-state index in [1.807, 2.05) is 11.8 Å². The molecule has 1 aliphatic carbocycles. The molecule has 5 aromatic carbocycles. The molecule has 0 saturated carbocycles. The molecule has 0 N–H and O–H groups in total. The Bertz CT molecular complexity index is 2020. The molecule has 1 aromatic heterocycles. The van der Waals surface area contributed by atoms with Gasteiger partial charge in [-0.15, -0.1) is 0 Å². The van der Waals surface area contributed by atoms with Crippen LogP contribution in [0.4, 0.5) is 0 Å². The molecule has 2 heteroatoms. The minimum Gasteiger partial charge on any atom is -0.247 e. The maximum absolute atomic E-state index is 5.31. The third-order valence-electron chi connectivity index (χ3n) is 8.59. The van der Waals surface area contributed by atoms with Gasteiger partial charge in [0.25, 0.3) is 0 Å². The van der Waals surface area contributed by atoms with E-state index < -0.39 is 0 Å². The van der Waals surface area contributed by atoms with Crippen LogP contribution in [-0.4, -0.2) is 4.98 Å². The van der Waals surface area contributed by atoms with E-state index in [9.17, 15) is 0 Å². The van der Waals surface area contributed by atoms with Crippen molar-refractivity contribution in [3.05, 3.63) is 145 Å². The molecule has 0 unspecified atom stereocenters. The van der Waals surface area contributed by atoms with Crippen molar-refractivity contribution in [2.24, 2.45) is 0 Å². The molecule has 0 radical (unpaired) electrons. The molecule has 6 aromatic rings. The second-order valence-corrected chi connectivity index (χ2v) is 12.6. The lowest BCUT2D eigenvalue weighted by Crippen LogP contribution is -2.11. The van der Waals surface area contributed by atoms with Crippen LogP contribution >= 0.6 is 11.8 Å². The van der Waals surface area contributed by atoms with Crippen molar-refractivity contribution in [1.29, 1.82) is 0 Å². The van der Waals surface area contributed by atoms with E-state index in [2.05, 4.69) is 153 Å². The minimum atomic E-state index is 0.0246. The van der Waals surface area contributed by atoms with Crippen LogP contribution < -0.4 is 0 Å². The second kappa shape index (κ2) is 9.72. The van der Waals surface area contributed by atoms with Gasteiger partial charge in [0.1, 0.15) is 0 Å². The topological polar surface area (TPSA) is 12.9 Å². The summed E-state index contributed by atoms with van der Waals surface area (Å²) in [5, 5.41) is 0. The number of nitrogens with zero attached hydrogens (tertiary/aromatic N) is 1.